The predicted octanol–water partition coefficient (Wildman–Crippen LogP) is 3.35. The van der Waals surface area contributed by atoms with Crippen LogP contribution in [-0.4, -0.2) is 26.3 Å². The first-order valence-corrected chi connectivity index (χ1v) is 7.73. The minimum atomic E-state index is 0.558. The molecule has 0 saturated carbocycles. The zero-order chi connectivity index (χ0) is 14.8. The molecule has 0 aliphatic rings. The van der Waals surface area contributed by atoms with Crippen molar-refractivity contribution in [3.8, 4) is 11.8 Å². The SMILES string of the molecule is CCCNc1nc(Oc2cc(C)nn2C)c2ccsc2n1. The summed E-state index contributed by atoms with van der Waals surface area (Å²) in [6.45, 7) is 4.87. The number of fused-ring (bicyclic) bond motifs is 1. The molecule has 0 saturated heterocycles. The van der Waals surface area contributed by atoms with Gasteiger partial charge in [-0.3, -0.25) is 0 Å². The Morgan fingerprint density at radius 3 is 2.95 bits per heavy atom. The minimum absolute atomic E-state index is 0.558. The van der Waals surface area contributed by atoms with Crippen molar-refractivity contribution in [2.24, 2.45) is 7.05 Å². The summed E-state index contributed by atoms with van der Waals surface area (Å²) in [4.78, 5) is 9.89. The molecule has 0 aromatic carbocycles. The molecule has 3 rings (SSSR count). The van der Waals surface area contributed by atoms with Crippen LogP contribution in [0.3, 0.4) is 0 Å². The Morgan fingerprint density at radius 1 is 1.38 bits per heavy atom. The lowest BCUT2D eigenvalue weighted by molar-refractivity contribution is 0.420. The summed E-state index contributed by atoms with van der Waals surface area (Å²) in [7, 11) is 1.85. The highest BCUT2D eigenvalue weighted by Crippen LogP contribution is 2.31. The zero-order valence-electron chi connectivity index (χ0n) is 12.3. The van der Waals surface area contributed by atoms with Crippen molar-refractivity contribution < 1.29 is 4.74 Å². The van der Waals surface area contributed by atoms with Gasteiger partial charge < -0.3 is 10.1 Å². The lowest BCUT2D eigenvalue weighted by Crippen LogP contribution is -2.05. The zero-order valence-corrected chi connectivity index (χ0v) is 13.1. The number of hydrogen-bond acceptors (Lipinski definition) is 6. The van der Waals surface area contributed by atoms with E-state index in [0.717, 1.165) is 28.9 Å². The van der Waals surface area contributed by atoms with Crippen LogP contribution in [0.15, 0.2) is 17.5 Å². The van der Waals surface area contributed by atoms with E-state index >= 15 is 0 Å². The van der Waals surface area contributed by atoms with Crippen LogP contribution in [0.25, 0.3) is 10.2 Å². The average Bonchev–Trinajstić information content (AvgIpc) is 3.03. The molecule has 0 atom stereocenters. The number of hydrogen-bond donors (Lipinski definition) is 1. The quantitative estimate of drug-likeness (QED) is 0.783. The maximum Gasteiger partial charge on any atom is 0.234 e. The molecule has 7 heteroatoms. The average molecular weight is 303 g/mol. The van der Waals surface area contributed by atoms with Gasteiger partial charge in [-0.15, -0.1) is 11.3 Å². The Balaban J connectivity index is 1.99. The van der Waals surface area contributed by atoms with Crippen LogP contribution >= 0.6 is 11.3 Å². The molecular formula is C14H17N5OS. The molecule has 0 radical (unpaired) electrons. The molecule has 0 spiro atoms. The smallest absolute Gasteiger partial charge is 0.234 e. The number of thiophene rings is 1. The molecule has 110 valence electrons. The predicted molar refractivity (Wildman–Crippen MR) is 84.2 cm³/mol. The van der Waals surface area contributed by atoms with Crippen molar-refractivity contribution in [3.63, 3.8) is 0 Å². The van der Waals surface area contributed by atoms with Gasteiger partial charge in [0.15, 0.2) is 0 Å². The third kappa shape index (κ3) is 2.82. The van der Waals surface area contributed by atoms with E-state index in [1.165, 1.54) is 0 Å². The van der Waals surface area contributed by atoms with Gasteiger partial charge in [-0.1, -0.05) is 6.92 Å². The summed E-state index contributed by atoms with van der Waals surface area (Å²) in [5.74, 6) is 1.82. The number of rotatable bonds is 5. The van der Waals surface area contributed by atoms with E-state index in [0.29, 0.717) is 17.7 Å². The molecule has 3 aromatic rings. The van der Waals surface area contributed by atoms with Crippen molar-refractivity contribution in [1.29, 1.82) is 0 Å². The Kier molecular flexibility index (Phi) is 3.74. The van der Waals surface area contributed by atoms with Gasteiger partial charge in [-0.05, 0) is 24.8 Å². The molecule has 0 aliphatic heterocycles. The normalized spacial score (nSPS) is 11.0. The van der Waals surface area contributed by atoms with Crippen LogP contribution in [0.5, 0.6) is 11.8 Å². The number of aromatic nitrogens is 4. The maximum atomic E-state index is 5.94. The monoisotopic (exact) mass is 303 g/mol. The standard InChI is InChI=1S/C14H17N5OS/c1-4-6-15-14-16-12(10-5-7-21-13(10)17-14)20-11-8-9(2)18-19(11)3/h5,7-8H,4,6H2,1-3H3,(H,15,16,17). The molecule has 3 heterocycles. The molecular weight excluding hydrogens is 286 g/mol. The summed E-state index contributed by atoms with van der Waals surface area (Å²) in [6, 6.07) is 3.86. The van der Waals surface area contributed by atoms with E-state index in [9.17, 15) is 0 Å². The number of nitrogens with one attached hydrogen (secondary N) is 1. The lowest BCUT2D eigenvalue weighted by atomic mass is 10.4. The van der Waals surface area contributed by atoms with E-state index in [-0.39, 0.29) is 0 Å². The summed E-state index contributed by atoms with van der Waals surface area (Å²) in [5, 5.41) is 10.4. The number of nitrogens with zero attached hydrogens (tertiary/aromatic N) is 4. The van der Waals surface area contributed by atoms with Crippen molar-refractivity contribution in [2.75, 3.05) is 11.9 Å². The Labute approximate surface area is 126 Å². The molecule has 0 unspecified atom stereocenters. The van der Waals surface area contributed by atoms with E-state index in [4.69, 9.17) is 4.74 Å². The molecule has 0 amide bonds. The van der Waals surface area contributed by atoms with E-state index < -0.39 is 0 Å². The third-order valence-electron chi connectivity index (χ3n) is 2.98. The first kappa shape index (κ1) is 13.8. The first-order valence-electron chi connectivity index (χ1n) is 6.85. The largest absolute Gasteiger partial charge is 0.420 e. The Hall–Kier alpha value is -2.15. The minimum Gasteiger partial charge on any atom is -0.420 e. The molecule has 0 fully saturated rings. The van der Waals surface area contributed by atoms with Gasteiger partial charge in [-0.25, -0.2) is 9.67 Å². The second-order valence-electron chi connectivity index (χ2n) is 4.77. The fourth-order valence-corrected chi connectivity index (χ4v) is 2.76. The van der Waals surface area contributed by atoms with E-state index in [1.54, 1.807) is 16.0 Å². The highest BCUT2D eigenvalue weighted by atomic mass is 32.1. The molecule has 0 aliphatic carbocycles. The topological polar surface area (TPSA) is 64.9 Å². The van der Waals surface area contributed by atoms with Gasteiger partial charge in [-0.2, -0.15) is 10.1 Å². The number of aryl methyl sites for hydroxylation is 2. The van der Waals surface area contributed by atoms with Crippen LogP contribution in [0.2, 0.25) is 0 Å². The van der Waals surface area contributed by atoms with Crippen LogP contribution < -0.4 is 10.1 Å². The highest BCUT2D eigenvalue weighted by molar-refractivity contribution is 7.16. The molecule has 6 nitrogen and oxygen atoms in total. The fourth-order valence-electron chi connectivity index (χ4n) is 2.00. The van der Waals surface area contributed by atoms with E-state index in [1.807, 2.05) is 31.5 Å². The number of ether oxygens (including phenoxy) is 1. The van der Waals surface area contributed by atoms with Crippen LogP contribution in [-0.2, 0) is 7.05 Å². The van der Waals surface area contributed by atoms with Crippen molar-refractivity contribution in [2.45, 2.75) is 20.3 Å². The fraction of sp³-hybridized carbons (Fsp3) is 0.357. The lowest BCUT2D eigenvalue weighted by Gasteiger charge is -2.08. The maximum absolute atomic E-state index is 5.94. The Bertz CT molecular complexity index is 764. The molecule has 3 aromatic heterocycles. The second kappa shape index (κ2) is 5.69. The molecule has 1 N–H and O–H groups in total. The summed E-state index contributed by atoms with van der Waals surface area (Å²) in [5.41, 5.74) is 0.910. The molecule has 21 heavy (non-hydrogen) atoms. The van der Waals surface area contributed by atoms with Crippen molar-refractivity contribution >= 4 is 27.5 Å². The van der Waals surface area contributed by atoms with Gasteiger partial charge in [0.05, 0.1) is 11.1 Å². The van der Waals surface area contributed by atoms with E-state index in [2.05, 4.69) is 27.3 Å². The van der Waals surface area contributed by atoms with Gasteiger partial charge in [0.2, 0.25) is 17.7 Å². The summed E-state index contributed by atoms with van der Waals surface area (Å²) >= 11 is 1.58. The van der Waals surface area contributed by atoms with Crippen LogP contribution in [0.4, 0.5) is 5.95 Å². The third-order valence-corrected chi connectivity index (χ3v) is 3.79. The Morgan fingerprint density at radius 2 is 2.24 bits per heavy atom. The highest BCUT2D eigenvalue weighted by Gasteiger charge is 2.13. The van der Waals surface area contributed by atoms with Gasteiger partial charge in [0.25, 0.3) is 0 Å². The van der Waals surface area contributed by atoms with Gasteiger partial charge >= 0.3 is 0 Å². The number of anilines is 1. The summed E-state index contributed by atoms with van der Waals surface area (Å²) < 4.78 is 7.64. The first-order chi connectivity index (χ1) is 10.2. The van der Waals surface area contributed by atoms with Gasteiger partial charge in [0.1, 0.15) is 4.83 Å². The van der Waals surface area contributed by atoms with Crippen molar-refractivity contribution in [3.05, 3.63) is 23.2 Å². The van der Waals surface area contributed by atoms with Crippen molar-refractivity contribution in [1.82, 2.24) is 19.7 Å². The second-order valence-corrected chi connectivity index (χ2v) is 5.66. The van der Waals surface area contributed by atoms with Crippen LogP contribution in [0, 0.1) is 6.92 Å². The van der Waals surface area contributed by atoms with Crippen LogP contribution in [0.1, 0.15) is 19.0 Å². The molecule has 0 bridgehead atoms. The van der Waals surface area contributed by atoms with Gasteiger partial charge in [0, 0.05) is 19.7 Å². The summed E-state index contributed by atoms with van der Waals surface area (Å²) in [6.07, 6.45) is 1.02.